The summed E-state index contributed by atoms with van der Waals surface area (Å²) in [5.74, 6) is 0.301. The van der Waals surface area contributed by atoms with Crippen molar-refractivity contribution in [2.45, 2.75) is 6.61 Å². The molecule has 4 rings (SSSR count). The van der Waals surface area contributed by atoms with Crippen molar-refractivity contribution in [3.05, 3.63) is 101 Å². The molecule has 1 amide bonds. The third kappa shape index (κ3) is 7.81. The molecule has 0 N–H and O–H groups in total. The molecule has 0 saturated carbocycles. The van der Waals surface area contributed by atoms with Gasteiger partial charge in [-0.25, -0.2) is 4.79 Å². The van der Waals surface area contributed by atoms with Gasteiger partial charge in [0.2, 0.25) is 0 Å². The zero-order chi connectivity index (χ0) is 27.5. The van der Waals surface area contributed by atoms with Crippen LogP contribution >= 0.6 is 0 Å². The Labute approximate surface area is 227 Å². The first-order valence-electron chi connectivity index (χ1n) is 12.4. The van der Waals surface area contributed by atoms with Gasteiger partial charge in [-0.2, -0.15) is 5.26 Å². The van der Waals surface area contributed by atoms with Crippen LogP contribution in [0.15, 0.2) is 84.4 Å². The van der Waals surface area contributed by atoms with E-state index < -0.39 is 5.97 Å². The normalized spacial score (nSPS) is 13.5. The van der Waals surface area contributed by atoms with Crippen LogP contribution in [0.25, 0.3) is 12.2 Å². The average Bonchev–Trinajstić information content (AvgIpc) is 2.99. The molecule has 0 spiro atoms. The molecule has 39 heavy (non-hydrogen) atoms. The van der Waals surface area contributed by atoms with Crippen molar-refractivity contribution in [1.29, 1.82) is 5.26 Å². The summed E-state index contributed by atoms with van der Waals surface area (Å²) in [6.07, 6.45) is 4.45. The van der Waals surface area contributed by atoms with Crippen molar-refractivity contribution in [1.82, 2.24) is 4.90 Å². The van der Waals surface area contributed by atoms with Gasteiger partial charge in [0.25, 0.3) is 5.91 Å². The van der Waals surface area contributed by atoms with E-state index in [2.05, 4.69) is 0 Å². The van der Waals surface area contributed by atoms with Crippen molar-refractivity contribution in [2.75, 3.05) is 33.4 Å². The van der Waals surface area contributed by atoms with Crippen molar-refractivity contribution < 1.29 is 28.5 Å². The molecule has 0 unspecified atom stereocenters. The summed E-state index contributed by atoms with van der Waals surface area (Å²) in [6.45, 7) is 2.24. The Balaban J connectivity index is 1.36. The van der Waals surface area contributed by atoms with Gasteiger partial charge in [0.15, 0.2) is 11.5 Å². The molecule has 1 aliphatic rings. The highest BCUT2D eigenvalue weighted by Crippen LogP contribution is 2.29. The second-order valence-electron chi connectivity index (χ2n) is 8.58. The molecular formula is C31H28N2O6. The Morgan fingerprint density at radius 3 is 2.38 bits per heavy atom. The Morgan fingerprint density at radius 2 is 1.69 bits per heavy atom. The Morgan fingerprint density at radius 1 is 0.974 bits per heavy atom. The number of nitrogens with zero attached hydrogens (tertiary/aromatic N) is 2. The van der Waals surface area contributed by atoms with E-state index in [1.165, 1.54) is 19.3 Å². The van der Waals surface area contributed by atoms with E-state index >= 15 is 0 Å². The molecule has 3 aromatic rings. The van der Waals surface area contributed by atoms with Crippen LogP contribution in [-0.2, 0) is 20.9 Å². The number of benzene rings is 3. The van der Waals surface area contributed by atoms with Gasteiger partial charge >= 0.3 is 5.97 Å². The molecule has 8 nitrogen and oxygen atoms in total. The summed E-state index contributed by atoms with van der Waals surface area (Å²) in [6, 6.07) is 24.0. The first-order valence-corrected chi connectivity index (χ1v) is 12.4. The predicted octanol–water partition coefficient (Wildman–Crippen LogP) is 4.66. The quantitative estimate of drug-likeness (QED) is 0.174. The van der Waals surface area contributed by atoms with Crippen molar-refractivity contribution in [3.8, 4) is 23.3 Å². The minimum absolute atomic E-state index is 0.00288. The summed E-state index contributed by atoms with van der Waals surface area (Å²) in [7, 11) is 1.45. The SMILES string of the molecule is COc1cc(/C=C(\C#N)C(=O)N2CCOCC2)ccc1OC(=O)/C=C/c1ccc(OCc2ccccc2)cc1. The molecule has 0 atom stereocenters. The second kappa shape index (κ2) is 13.6. The molecule has 0 bridgehead atoms. The first-order chi connectivity index (χ1) is 19.1. The van der Waals surface area contributed by atoms with Crippen LogP contribution in [0.4, 0.5) is 0 Å². The van der Waals surface area contributed by atoms with E-state index in [-0.39, 0.29) is 17.2 Å². The van der Waals surface area contributed by atoms with E-state index in [0.717, 1.165) is 16.9 Å². The van der Waals surface area contributed by atoms with Crippen LogP contribution in [0.3, 0.4) is 0 Å². The average molecular weight is 525 g/mol. The lowest BCUT2D eigenvalue weighted by Crippen LogP contribution is -2.41. The summed E-state index contributed by atoms with van der Waals surface area (Å²) in [5, 5.41) is 9.52. The monoisotopic (exact) mass is 524 g/mol. The number of hydrogen-bond acceptors (Lipinski definition) is 7. The lowest BCUT2D eigenvalue weighted by atomic mass is 10.1. The fourth-order valence-electron chi connectivity index (χ4n) is 3.83. The van der Waals surface area contributed by atoms with Crippen molar-refractivity contribution >= 4 is 24.0 Å². The summed E-state index contributed by atoms with van der Waals surface area (Å²) < 4.78 is 21.9. The topological polar surface area (TPSA) is 98.1 Å². The molecule has 1 heterocycles. The molecule has 0 aromatic heterocycles. The standard InChI is InChI=1S/C31H28N2O6/c1-36-29-20-25(19-26(21-32)31(35)33-15-17-37-18-16-33)9-13-28(29)39-30(34)14-10-23-7-11-27(12-8-23)38-22-24-5-3-2-4-6-24/h2-14,19-20H,15-18,22H2,1H3/b14-10+,26-19+. The summed E-state index contributed by atoms with van der Waals surface area (Å²) >= 11 is 0. The zero-order valence-electron chi connectivity index (χ0n) is 21.5. The van der Waals surface area contributed by atoms with Crippen LogP contribution in [-0.4, -0.2) is 50.2 Å². The Kier molecular flexibility index (Phi) is 9.48. The number of carbonyl (C=O) groups excluding carboxylic acids is 2. The maximum atomic E-state index is 12.7. The van der Waals surface area contributed by atoms with Gasteiger partial charge in [-0.05, 0) is 53.1 Å². The molecule has 1 fully saturated rings. The predicted molar refractivity (Wildman–Crippen MR) is 146 cm³/mol. The molecule has 0 aliphatic carbocycles. The smallest absolute Gasteiger partial charge is 0.336 e. The van der Waals surface area contributed by atoms with Crippen LogP contribution < -0.4 is 14.2 Å². The number of carbonyl (C=O) groups is 2. The summed E-state index contributed by atoms with van der Waals surface area (Å²) in [4.78, 5) is 26.7. The number of nitriles is 1. The molecule has 1 aliphatic heterocycles. The second-order valence-corrected chi connectivity index (χ2v) is 8.58. The highest BCUT2D eigenvalue weighted by Gasteiger charge is 2.21. The van der Waals surface area contributed by atoms with Crippen LogP contribution in [0, 0.1) is 11.3 Å². The van der Waals surface area contributed by atoms with Crippen LogP contribution in [0.5, 0.6) is 17.2 Å². The third-order valence-corrected chi connectivity index (χ3v) is 5.90. The molecular weight excluding hydrogens is 496 g/mol. The molecule has 3 aromatic carbocycles. The van der Waals surface area contributed by atoms with Crippen LogP contribution in [0.1, 0.15) is 16.7 Å². The first kappa shape index (κ1) is 27.2. The summed E-state index contributed by atoms with van der Waals surface area (Å²) in [5.41, 5.74) is 2.45. The molecule has 198 valence electrons. The Hall–Kier alpha value is -4.87. The number of hydrogen-bond donors (Lipinski definition) is 0. The van der Waals surface area contributed by atoms with E-state index in [0.29, 0.717) is 44.2 Å². The van der Waals surface area contributed by atoms with Gasteiger partial charge < -0.3 is 23.8 Å². The number of rotatable bonds is 9. The molecule has 1 saturated heterocycles. The number of methoxy groups -OCH3 is 1. The largest absolute Gasteiger partial charge is 0.493 e. The fourth-order valence-corrected chi connectivity index (χ4v) is 3.83. The van der Waals surface area contributed by atoms with Gasteiger partial charge in [0.05, 0.1) is 20.3 Å². The molecule has 8 heteroatoms. The number of esters is 1. The van der Waals surface area contributed by atoms with Crippen molar-refractivity contribution in [2.24, 2.45) is 0 Å². The molecule has 0 radical (unpaired) electrons. The van der Waals surface area contributed by atoms with Gasteiger partial charge in [0.1, 0.15) is 24.0 Å². The lowest BCUT2D eigenvalue weighted by molar-refractivity contribution is -0.130. The Bertz CT molecular complexity index is 1380. The van der Waals surface area contributed by atoms with E-state index in [1.807, 2.05) is 60.7 Å². The van der Waals surface area contributed by atoms with E-state index in [1.54, 1.807) is 29.2 Å². The minimum atomic E-state index is -0.582. The number of ether oxygens (including phenoxy) is 4. The number of morpholine rings is 1. The minimum Gasteiger partial charge on any atom is -0.493 e. The van der Waals surface area contributed by atoms with Crippen molar-refractivity contribution in [3.63, 3.8) is 0 Å². The van der Waals surface area contributed by atoms with E-state index in [9.17, 15) is 14.9 Å². The van der Waals surface area contributed by atoms with Gasteiger partial charge in [-0.3, -0.25) is 4.79 Å². The van der Waals surface area contributed by atoms with E-state index in [4.69, 9.17) is 18.9 Å². The zero-order valence-corrected chi connectivity index (χ0v) is 21.5. The highest BCUT2D eigenvalue weighted by atomic mass is 16.6. The fraction of sp³-hybridized carbons (Fsp3) is 0.194. The van der Waals surface area contributed by atoms with Crippen LogP contribution in [0.2, 0.25) is 0 Å². The van der Waals surface area contributed by atoms with Gasteiger partial charge in [-0.15, -0.1) is 0 Å². The number of amides is 1. The van der Waals surface area contributed by atoms with Gasteiger partial charge in [0, 0.05) is 19.2 Å². The highest BCUT2D eigenvalue weighted by molar-refractivity contribution is 6.01. The third-order valence-electron chi connectivity index (χ3n) is 5.90. The maximum Gasteiger partial charge on any atom is 0.336 e. The maximum absolute atomic E-state index is 12.7. The van der Waals surface area contributed by atoms with Gasteiger partial charge in [-0.1, -0.05) is 48.5 Å². The lowest BCUT2D eigenvalue weighted by Gasteiger charge is -2.26.